The Bertz CT molecular complexity index is 995. The van der Waals surface area contributed by atoms with E-state index in [1.807, 2.05) is 25.1 Å². The summed E-state index contributed by atoms with van der Waals surface area (Å²) in [4.78, 5) is 25.1. The van der Waals surface area contributed by atoms with E-state index >= 15 is 0 Å². The van der Waals surface area contributed by atoms with E-state index in [1.54, 1.807) is 62.8 Å². The minimum atomic E-state index is -0.269. The molecule has 0 atom stereocenters. The summed E-state index contributed by atoms with van der Waals surface area (Å²) >= 11 is 0. The minimum Gasteiger partial charge on any atom is -0.493 e. The van der Waals surface area contributed by atoms with Crippen LogP contribution in [0.25, 0.3) is 0 Å². The lowest BCUT2D eigenvalue weighted by molar-refractivity contribution is 0.102. The van der Waals surface area contributed by atoms with E-state index in [0.717, 1.165) is 5.56 Å². The van der Waals surface area contributed by atoms with Gasteiger partial charge in [0.25, 0.3) is 5.91 Å². The predicted octanol–water partition coefficient (Wildman–Crippen LogP) is 4.50. The predicted molar refractivity (Wildman–Crippen MR) is 109 cm³/mol. The molecular weight excluding hydrogens is 354 g/mol. The molecule has 142 valence electrons. The highest BCUT2D eigenvalue weighted by atomic mass is 16.5. The molecule has 0 saturated heterocycles. The summed E-state index contributed by atoms with van der Waals surface area (Å²) in [7, 11) is 3.11. The van der Waals surface area contributed by atoms with E-state index in [0.29, 0.717) is 33.9 Å². The van der Waals surface area contributed by atoms with Crippen LogP contribution in [-0.4, -0.2) is 25.9 Å². The molecule has 0 fully saturated rings. The number of hydrogen-bond donors (Lipinski definition) is 1. The SMILES string of the molecule is COc1cc(C)c(NC(=O)c2ccc(C(=O)c3ccccc3)cc2)cc1OC. The molecule has 3 rings (SSSR count). The fraction of sp³-hybridized carbons (Fsp3) is 0.130. The Morgan fingerprint density at radius 3 is 1.89 bits per heavy atom. The maximum absolute atomic E-state index is 12.6. The largest absolute Gasteiger partial charge is 0.493 e. The number of rotatable bonds is 6. The van der Waals surface area contributed by atoms with Crippen molar-refractivity contribution in [3.63, 3.8) is 0 Å². The molecule has 0 aliphatic rings. The normalized spacial score (nSPS) is 10.2. The van der Waals surface area contributed by atoms with Gasteiger partial charge < -0.3 is 14.8 Å². The van der Waals surface area contributed by atoms with Crippen LogP contribution in [-0.2, 0) is 0 Å². The van der Waals surface area contributed by atoms with E-state index in [9.17, 15) is 9.59 Å². The van der Waals surface area contributed by atoms with Gasteiger partial charge in [-0.05, 0) is 30.7 Å². The molecule has 0 bridgehead atoms. The molecule has 0 heterocycles. The molecule has 1 N–H and O–H groups in total. The summed E-state index contributed by atoms with van der Waals surface area (Å²) in [6, 6.07) is 19.2. The van der Waals surface area contributed by atoms with Crippen LogP contribution in [0.3, 0.4) is 0 Å². The highest BCUT2D eigenvalue weighted by Crippen LogP contribution is 2.33. The van der Waals surface area contributed by atoms with Crippen LogP contribution in [0.5, 0.6) is 11.5 Å². The number of ether oxygens (including phenoxy) is 2. The van der Waals surface area contributed by atoms with E-state index in [4.69, 9.17) is 9.47 Å². The molecule has 0 unspecified atom stereocenters. The Morgan fingerprint density at radius 2 is 1.29 bits per heavy atom. The number of methoxy groups -OCH3 is 2. The second kappa shape index (κ2) is 8.39. The van der Waals surface area contributed by atoms with Gasteiger partial charge in [-0.25, -0.2) is 0 Å². The van der Waals surface area contributed by atoms with Gasteiger partial charge in [-0.3, -0.25) is 9.59 Å². The smallest absolute Gasteiger partial charge is 0.255 e. The lowest BCUT2D eigenvalue weighted by Gasteiger charge is -2.13. The van der Waals surface area contributed by atoms with Gasteiger partial charge >= 0.3 is 0 Å². The van der Waals surface area contributed by atoms with E-state index in [1.165, 1.54) is 0 Å². The fourth-order valence-electron chi connectivity index (χ4n) is 2.84. The lowest BCUT2D eigenvalue weighted by Crippen LogP contribution is -2.13. The molecular formula is C23H21NO4. The van der Waals surface area contributed by atoms with Crippen molar-refractivity contribution in [1.82, 2.24) is 0 Å². The monoisotopic (exact) mass is 375 g/mol. The number of ketones is 1. The van der Waals surface area contributed by atoms with Crippen LogP contribution in [0, 0.1) is 6.92 Å². The number of benzene rings is 3. The quantitative estimate of drug-likeness (QED) is 0.645. The Hall–Kier alpha value is -3.60. The highest BCUT2D eigenvalue weighted by Gasteiger charge is 2.14. The van der Waals surface area contributed by atoms with Crippen LogP contribution >= 0.6 is 0 Å². The molecule has 1 amide bonds. The van der Waals surface area contributed by atoms with Crippen LogP contribution < -0.4 is 14.8 Å². The van der Waals surface area contributed by atoms with Crippen molar-refractivity contribution in [1.29, 1.82) is 0 Å². The van der Waals surface area contributed by atoms with Crippen LogP contribution in [0.2, 0.25) is 0 Å². The number of carbonyl (C=O) groups is 2. The first-order valence-corrected chi connectivity index (χ1v) is 8.77. The summed E-state index contributed by atoms with van der Waals surface area (Å²) in [5, 5.41) is 2.87. The fourth-order valence-corrected chi connectivity index (χ4v) is 2.84. The molecule has 5 nitrogen and oxygen atoms in total. The van der Waals surface area contributed by atoms with Crippen molar-refractivity contribution >= 4 is 17.4 Å². The second-order valence-corrected chi connectivity index (χ2v) is 6.25. The summed E-state index contributed by atoms with van der Waals surface area (Å²) in [6.07, 6.45) is 0. The molecule has 3 aromatic rings. The standard InChI is InChI=1S/C23H21NO4/c1-15-13-20(27-2)21(28-3)14-19(15)24-23(26)18-11-9-17(10-12-18)22(25)16-7-5-4-6-8-16/h4-14H,1-3H3,(H,24,26). The van der Waals surface area contributed by atoms with Crippen molar-refractivity contribution in [2.75, 3.05) is 19.5 Å². The first kappa shape index (κ1) is 19.2. The zero-order valence-electron chi connectivity index (χ0n) is 16.0. The Morgan fingerprint density at radius 1 is 0.750 bits per heavy atom. The van der Waals surface area contributed by atoms with Gasteiger partial charge in [0, 0.05) is 28.4 Å². The highest BCUT2D eigenvalue weighted by molar-refractivity contribution is 6.10. The first-order chi connectivity index (χ1) is 13.5. The van der Waals surface area contributed by atoms with Gasteiger partial charge in [0.2, 0.25) is 0 Å². The van der Waals surface area contributed by atoms with E-state index in [-0.39, 0.29) is 11.7 Å². The Balaban J connectivity index is 1.78. The number of hydrogen-bond acceptors (Lipinski definition) is 4. The van der Waals surface area contributed by atoms with Crippen LogP contribution in [0.15, 0.2) is 66.7 Å². The van der Waals surface area contributed by atoms with Crippen molar-refractivity contribution in [3.8, 4) is 11.5 Å². The van der Waals surface area contributed by atoms with E-state index < -0.39 is 0 Å². The molecule has 0 radical (unpaired) electrons. The van der Waals surface area contributed by atoms with Gasteiger partial charge in [0.1, 0.15) is 0 Å². The molecule has 0 aromatic heterocycles. The third-order valence-corrected chi connectivity index (χ3v) is 4.42. The molecule has 0 aliphatic carbocycles. The molecule has 3 aromatic carbocycles. The van der Waals surface area contributed by atoms with Crippen LogP contribution in [0.1, 0.15) is 31.8 Å². The zero-order valence-corrected chi connectivity index (χ0v) is 16.0. The molecule has 5 heteroatoms. The van der Waals surface area contributed by atoms with Crippen molar-refractivity contribution < 1.29 is 19.1 Å². The number of anilines is 1. The zero-order chi connectivity index (χ0) is 20.1. The first-order valence-electron chi connectivity index (χ1n) is 8.77. The Labute approximate surface area is 163 Å². The van der Waals surface area contributed by atoms with Gasteiger partial charge in [-0.15, -0.1) is 0 Å². The Kier molecular flexibility index (Phi) is 5.75. The minimum absolute atomic E-state index is 0.0803. The third kappa shape index (κ3) is 4.04. The number of amides is 1. The van der Waals surface area contributed by atoms with Crippen molar-refractivity contribution in [2.45, 2.75) is 6.92 Å². The maximum atomic E-state index is 12.6. The number of aryl methyl sites for hydroxylation is 1. The maximum Gasteiger partial charge on any atom is 0.255 e. The summed E-state index contributed by atoms with van der Waals surface area (Å²) in [5.41, 5.74) is 3.08. The average molecular weight is 375 g/mol. The molecule has 28 heavy (non-hydrogen) atoms. The number of carbonyl (C=O) groups excluding carboxylic acids is 2. The average Bonchev–Trinajstić information content (AvgIpc) is 2.75. The summed E-state index contributed by atoms with van der Waals surface area (Å²) in [6.45, 7) is 1.87. The molecule has 0 saturated carbocycles. The van der Waals surface area contributed by atoms with Gasteiger partial charge in [0.05, 0.1) is 14.2 Å². The molecule has 0 spiro atoms. The lowest BCUT2D eigenvalue weighted by atomic mass is 10.0. The molecule has 0 aliphatic heterocycles. The van der Waals surface area contributed by atoms with Gasteiger partial charge in [-0.2, -0.15) is 0 Å². The van der Waals surface area contributed by atoms with Gasteiger partial charge in [-0.1, -0.05) is 42.5 Å². The van der Waals surface area contributed by atoms with E-state index in [2.05, 4.69) is 5.32 Å². The van der Waals surface area contributed by atoms with Crippen LogP contribution in [0.4, 0.5) is 5.69 Å². The van der Waals surface area contributed by atoms with Gasteiger partial charge in [0.15, 0.2) is 17.3 Å². The third-order valence-electron chi connectivity index (χ3n) is 4.42. The topological polar surface area (TPSA) is 64.6 Å². The summed E-state index contributed by atoms with van der Waals surface area (Å²) in [5.74, 6) is 0.784. The second-order valence-electron chi connectivity index (χ2n) is 6.25. The number of nitrogens with one attached hydrogen (secondary N) is 1. The summed E-state index contributed by atoms with van der Waals surface area (Å²) < 4.78 is 10.6. The van der Waals surface area contributed by atoms with Crippen molar-refractivity contribution in [3.05, 3.63) is 89.0 Å². The van der Waals surface area contributed by atoms with Crippen molar-refractivity contribution in [2.24, 2.45) is 0 Å².